The van der Waals surface area contributed by atoms with Crippen molar-refractivity contribution in [2.24, 2.45) is 5.92 Å². The predicted molar refractivity (Wildman–Crippen MR) is 229 cm³/mol. The van der Waals surface area contributed by atoms with Gasteiger partial charge in [-0.15, -0.1) is 0 Å². The minimum atomic E-state index is 0.0764. The summed E-state index contributed by atoms with van der Waals surface area (Å²) >= 11 is 0. The first-order valence-corrected chi connectivity index (χ1v) is 22.0. The van der Waals surface area contributed by atoms with Crippen LogP contribution in [0.2, 0.25) is 0 Å². The molecule has 1 amide bonds. The lowest BCUT2D eigenvalue weighted by Crippen LogP contribution is -2.36. The van der Waals surface area contributed by atoms with Gasteiger partial charge in [0.1, 0.15) is 47.8 Å². The number of hydrogen-bond acceptors (Lipinski definition) is 11. The summed E-state index contributed by atoms with van der Waals surface area (Å²) in [5.41, 5.74) is 0.133. The molecular weight excluding hydrogens is 743 g/mol. The third-order valence-corrected chi connectivity index (χ3v) is 9.53. The number of ketones is 5. The van der Waals surface area contributed by atoms with Crippen molar-refractivity contribution in [3.8, 4) is 0 Å². The molecule has 0 unspecified atom stereocenters. The standard InChI is InChI=1S/C9H14O2.C7H11NO2.C6H10O.C6H12O.C5H8O2.C5H10O.2C4H8O/c10-8-2-5-9(6-3-8)4-1-7-11-9;1-6(9)8-4-2-7(10)3-5-8;7-6-4-2-1-3-5-6;1-2-3-4-5-6-7;6-5-1-3-7-4-2-5;1-5(2)3-4-6;1-3-4(2)5;1-2-3-4-5/h1-7H2;2-5H2,1H3;1-5H2;6H,2-5H2,1H3;1-4H2;4-5H,3H2,1-2H3;3H2,1-2H3;4H,2-3H2,1H3. The van der Waals surface area contributed by atoms with E-state index in [0.717, 1.165) is 96.1 Å². The second-order valence-corrected chi connectivity index (χ2v) is 15.4. The van der Waals surface area contributed by atoms with E-state index in [0.29, 0.717) is 94.5 Å². The van der Waals surface area contributed by atoms with Crippen LogP contribution in [0.1, 0.15) is 196 Å². The maximum absolute atomic E-state index is 10.9. The van der Waals surface area contributed by atoms with Gasteiger partial charge in [-0.1, -0.05) is 53.9 Å². The molecule has 58 heavy (non-hydrogen) atoms. The van der Waals surface area contributed by atoms with Crippen molar-refractivity contribution in [2.45, 2.75) is 202 Å². The number of Topliss-reactive ketones (excluding diaryl/α,β-unsaturated/α-hetero) is 5. The van der Waals surface area contributed by atoms with Crippen LogP contribution in [-0.2, 0) is 52.6 Å². The van der Waals surface area contributed by atoms with Gasteiger partial charge >= 0.3 is 0 Å². The number of hydrogen-bond donors (Lipinski definition) is 0. The summed E-state index contributed by atoms with van der Waals surface area (Å²) in [5, 5.41) is 0. The molecule has 2 saturated carbocycles. The van der Waals surface area contributed by atoms with Crippen LogP contribution in [0, 0.1) is 5.92 Å². The van der Waals surface area contributed by atoms with Crippen LogP contribution in [0.4, 0.5) is 0 Å². The van der Waals surface area contributed by atoms with Gasteiger partial charge in [-0.05, 0) is 64.2 Å². The number of nitrogens with zero attached hydrogens (tertiary/aromatic N) is 1. The number of aldehydes is 3. The van der Waals surface area contributed by atoms with Gasteiger partial charge in [-0.25, -0.2) is 0 Å². The largest absolute Gasteiger partial charge is 0.381 e. The van der Waals surface area contributed by atoms with Crippen molar-refractivity contribution in [1.29, 1.82) is 0 Å². The minimum Gasteiger partial charge on any atom is -0.381 e. The summed E-state index contributed by atoms with van der Waals surface area (Å²) in [6.45, 7) is 16.5. The number of piperidine rings is 1. The second-order valence-electron chi connectivity index (χ2n) is 15.4. The van der Waals surface area contributed by atoms with E-state index in [-0.39, 0.29) is 23.1 Å². The number of amides is 1. The first kappa shape index (κ1) is 59.1. The Balaban J connectivity index is -0.000000607. The molecule has 3 heterocycles. The maximum atomic E-state index is 10.9. The number of ether oxygens (including phenoxy) is 2. The lowest BCUT2D eigenvalue weighted by Gasteiger charge is -2.31. The Morgan fingerprint density at radius 1 is 0.621 bits per heavy atom. The topological polar surface area (TPSA) is 175 Å². The van der Waals surface area contributed by atoms with Crippen LogP contribution in [-0.4, -0.2) is 97.1 Å². The van der Waals surface area contributed by atoms with Gasteiger partial charge in [0, 0.05) is 104 Å². The predicted octanol–water partition coefficient (Wildman–Crippen LogP) is 8.73. The summed E-state index contributed by atoms with van der Waals surface area (Å²) in [4.78, 5) is 93.4. The van der Waals surface area contributed by atoms with Crippen molar-refractivity contribution in [3.05, 3.63) is 0 Å². The molecule has 3 saturated heterocycles. The third kappa shape index (κ3) is 40.9. The highest BCUT2D eigenvalue weighted by Gasteiger charge is 2.38. The highest BCUT2D eigenvalue weighted by molar-refractivity contribution is 5.82. The van der Waals surface area contributed by atoms with E-state index in [9.17, 15) is 43.2 Å². The lowest BCUT2D eigenvalue weighted by atomic mass is 9.82. The molecule has 0 radical (unpaired) electrons. The first-order chi connectivity index (χ1) is 27.7. The van der Waals surface area contributed by atoms with Crippen LogP contribution in [0.15, 0.2) is 0 Å². The van der Waals surface area contributed by atoms with Crippen LogP contribution in [0.5, 0.6) is 0 Å². The molecule has 0 aromatic rings. The molecule has 1 spiro atoms. The van der Waals surface area contributed by atoms with Gasteiger partial charge in [0.2, 0.25) is 5.91 Å². The van der Waals surface area contributed by atoms with Gasteiger partial charge in [-0.3, -0.25) is 24.0 Å². The molecule has 0 aromatic heterocycles. The number of likely N-dealkylation sites (tertiary alicyclic amines) is 1. The molecular formula is C46H81NO11. The Morgan fingerprint density at radius 2 is 1.12 bits per heavy atom. The van der Waals surface area contributed by atoms with E-state index >= 15 is 0 Å². The fraction of sp³-hybridized carbons (Fsp3) is 0.804. The SMILES string of the molecule is CC(=O)N1CCC(=O)CC1.CC(C)CC=O.CCC(C)=O.CCCC=O.CCCCCC=O.O=C1CCC2(CCCO2)CC1.O=C1CCCCC1.O=C1CCOCC1. The van der Waals surface area contributed by atoms with Crippen LogP contribution in [0.3, 0.4) is 0 Å². The van der Waals surface area contributed by atoms with E-state index in [1.54, 1.807) is 11.8 Å². The third-order valence-electron chi connectivity index (χ3n) is 9.53. The summed E-state index contributed by atoms with van der Waals surface area (Å²) in [6.07, 6.45) is 23.5. The molecule has 2 aliphatic carbocycles. The molecule has 5 aliphatic rings. The quantitative estimate of drug-likeness (QED) is 0.161. The smallest absolute Gasteiger partial charge is 0.219 e. The summed E-state index contributed by atoms with van der Waals surface area (Å²) in [7, 11) is 0. The average molecular weight is 824 g/mol. The number of rotatable bonds is 9. The fourth-order valence-electron chi connectivity index (χ4n) is 5.54. The summed E-state index contributed by atoms with van der Waals surface area (Å²) in [5.74, 6) is 2.36. The number of carbonyl (C=O) groups excluding carboxylic acids is 9. The van der Waals surface area contributed by atoms with Crippen LogP contribution in [0.25, 0.3) is 0 Å². The maximum Gasteiger partial charge on any atom is 0.219 e. The average Bonchev–Trinajstić information content (AvgIpc) is 3.67. The fourth-order valence-corrected chi connectivity index (χ4v) is 5.54. The second kappa shape index (κ2) is 41.9. The molecule has 3 aliphatic heterocycles. The number of carbonyl (C=O) groups is 9. The van der Waals surface area contributed by atoms with Gasteiger partial charge in [0.05, 0.1) is 18.8 Å². The van der Waals surface area contributed by atoms with Crippen molar-refractivity contribution in [3.63, 3.8) is 0 Å². The molecule has 5 rings (SSSR count). The zero-order valence-electron chi connectivity index (χ0n) is 37.5. The van der Waals surface area contributed by atoms with E-state index in [1.165, 1.54) is 39.0 Å². The molecule has 0 atom stereocenters. The van der Waals surface area contributed by atoms with Gasteiger partial charge in [0.25, 0.3) is 0 Å². The van der Waals surface area contributed by atoms with Crippen molar-refractivity contribution in [2.75, 3.05) is 32.9 Å². The molecule has 12 nitrogen and oxygen atoms in total. The molecule has 5 fully saturated rings. The normalized spacial score (nSPS) is 17.7. The summed E-state index contributed by atoms with van der Waals surface area (Å²) < 4.78 is 10.6. The monoisotopic (exact) mass is 824 g/mol. The van der Waals surface area contributed by atoms with E-state index in [1.807, 2.05) is 27.7 Å². The Bertz CT molecular complexity index is 1070. The number of unbranched alkanes of at least 4 members (excludes halogenated alkanes) is 4. The minimum absolute atomic E-state index is 0.0764. The van der Waals surface area contributed by atoms with Crippen LogP contribution >= 0.6 is 0 Å². The van der Waals surface area contributed by atoms with E-state index < -0.39 is 0 Å². The lowest BCUT2D eigenvalue weighted by molar-refractivity contribution is -0.133. The molecule has 336 valence electrons. The van der Waals surface area contributed by atoms with E-state index in [2.05, 4.69) is 6.92 Å². The zero-order valence-corrected chi connectivity index (χ0v) is 37.5. The van der Waals surface area contributed by atoms with Gasteiger partial charge < -0.3 is 33.6 Å². The van der Waals surface area contributed by atoms with Crippen LogP contribution < -0.4 is 0 Å². The van der Waals surface area contributed by atoms with Crippen molar-refractivity contribution < 1.29 is 52.6 Å². The highest BCUT2D eigenvalue weighted by atomic mass is 16.5. The first-order valence-electron chi connectivity index (χ1n) is 22.0. The Hall–Kier alpha value is -3.25. The van der Waals surface area contributed by atoms with Gasteiger partial charge in [0.15, 0.2) is 0 Å². The molecule has 0 bridgehead atoms. The molecule has 0 aromatic carbocycles. The molecule has 12 heteroatoms. The Morgan fingerprint density at radius 3 is 1.41 bits per heavy atom. The molecule has 0 N–H and O–H groups in total. The van der Waals surface area contributed by atoms with Crippen molar-refractivity contribution in [1.82, 2.24) is 4.90 Å². The van der Waals surface area contributed by atoms with E-state index in [4.69, 9.17) is 9.47 Å². The Labute approximate surface area is 351 Å². The summed E-state index contributed by atoms with van der Waals surface area (Å²) in [6, 6.07) is 0. The zero-order chi connectivity index (χ0) is 44.5. The van der Waals surface area contributed by atoms with Gasteiger partial charge in [-0.2, -0.15) is 0 Å². The Kier molecular flexibility index (Phi) is 42.7. The highest BCUT2D eigenvalue weighted by Crippen LogP contribution is 2.37. The van der Waals surface area contributed by atoms with Crippen molar-refractivity contribution >= 4 is 53.7 Å².